The van der Waals surface area contributed by atoms with Crippen molar-refractivity contribution < 1.29 is 23.8 Å². The smallest absolute Gasteiger partial charge is 0.410 e. The van der Waals surface area contributed by atoms with Crippen molar-refractivity contribution in [3.05, 3.63) is 34.6 Å². The monoisotopic (exact) mass is 418 g/mol. The van der Waals surface area contributed by atoms with Crippen LogP contribution in [-0.2, 0) is 16.1 Å². The zero-order valence-electron chi connectivity index (χ0n) is 18.6. The number of carboxylic acids is 1. The van der Waals surface area contributed by atoms with Crippen molar-refractivity contribution in [3.63, 3.8) is 0 Å². The van der Waals surface area contributed by atoms with E-state index in [1.807, 2.05) is 26.8 Å². The van der Waals surface area contributed by atoms with Gasteiger partial charge in [-0.25, -0.2) is 9.18 Å². The standard InChI is InChI=1S/C23H31FN2O4/c1-16-7-8-17(18(19(16)24)9-10-23(5,6)20(27)28)15-25-11-13-26(14-12-25)21(29)30-22(2,3)4/h7-8H,11-15H2,1-6H3,(H,27,28). The highest BCUT2D eigenvalue weighted by atomic mass is 19.1. The minimum absolute atomic E-state index is 0.235. The Labute approximate surface area is 178 Å². The average Bonchev–Trinajstić information content (AvgIpc) is 2.63. The third-order valence-electron chi connectivity index (χ3n) is 4.87. The van der Waals surface area contributed by atoms with Gasteiger partial charge >= 0.3 is 12.1 Å². The van der Waals surface area contributed by atoms with Gasteiger partial charge in [-0.15, -0.1) is 0 Å². The fraction of sp³-hybridized carbons (Fsp3) is 0.565. The first-order valence-corrected chi connectivity index (χ1v) is 10.0. The molecule has 7 heteroatoms. The minimum Gasteiger partial charge on any atom is -0.480 e. The van der Waals surface area contributed by atoms with Crippen LogP contribution in [0.3, 0.4) is 0 Å². The SMILES string of the molecule is Cc1ccc(CN2CCN(C(=O)OC(C)(C)C)CC2)c(C#CC(C)(C)C(=O)O)c1F. The van der Waals surface area contributed by atoms with Gasteiger partial charge in [0, 0.05) is 32.7 Å². The molecule has 0 unspecified atom stereocenters. The van der Waals surface area contributed by atoms with Crippen LogP contribution >= 0.6 is 0 Å². The molecule has 1 saturated heterocycles. The maximum atomic E-state index is 14.8. The first-order valence-electron chi connectivity index (χ1n) is 10.0. The highest BCUT2D eigenvalue weighted by molar-refractivity contribution is 5.77. The summed E-state index contributed by atoms with van der Waals surface area (Å²) in [6, 6.07) is 3.53. The number of carbonyl (C=O) groups is 2. The molecule has 0 bridgehead atoms. The number of carbonyl (C=O) groups excluding carboxylic acids is 1. The summed E-state index contributed by atoms with van der Waals surface area (Å²) >= 11 is 0. The van der Waals surface area contributed by atoms with E-state index < -0.39 is 22.8 Å². The average molecular weight is 419 g/mol. The zero-order chi connectivity index (χ0) is 22.7. The number of benzene rings is 1. The molecular formula is C23H31FN2O4. The lowest BCUT2D eigenvalue weighted by Crippen LogP contribution is -2.49. The summed E-state index contributed by atoms with van der Waals surface area (Å²) in [4.78, 5) is 27.3. The summed E-state index contributed by atoms with van der Waals surface area (Å²) in [6.07, 6.45) is -0.328. The van der Waals surface area contributed by atoms with Crippen LogP contribution in [0.2, 0.25) is 0 Å². The third-order valence-corrected chi connectivity index (χ3v) is 4.87. The molecule has 1 fully saturated rings. The number of halogens is 1. The topological polar surface area (TPSA) is 70.1 Å². The number of hydrogen-bond donors (Lipinski definition) is 1. The van der Waals surface area contributed by atoms with Crippen LogP contribution in [-0.4, -0.2) is 58.7 Å². The van der Waals surface area contributed by atoms with E-state index >= 15 is 0 Å². The zero-order valence-corrected chi connectivity index (χ0v) is 18.6. The summed E-state index contributed by atoms with van der Waals surface area (Å²) in [5, 5.41) is 9.27. The van der Waals surface area contributed by atoms with Gasteiger partial charge in [-0.2, -0.15) is 0 Å². The predicted molar refractivity (Wildman–Crippen MR) is 113 cm³/mol. The Balaban J connectivity index is 2.13. The fourth-order valence-corrected chi connectivity index (χ4v) is 2.92. The molecule has 0 saturated carbocycles. The molecule has 1 aromatic rings. The largest absolute Gasteiger partial charge is 0.480 e. The van der Waals surface area contributed by atoms with Gasteiger partial charge < -0.3 is 14.7 Å². The van der Waals surface area contributed by atoms with Gasteiger partial charge in [0.1, 0.15) is 16.8 Å². The Bertz CT molecular complexity index is 870. The van der Waals surface area contributed by atoms with Crippen molar-refractivity contribution in [2.75, 3.05) is 26.2 Å². The molecule has 1 amide bonds. The van der Waals surface area contributed by atoms with Crippen LogP contribution in [0.25, 0.3) is 0 Å². The Morgan fingerprint density at radius 1 is 1.13 bits per heavy atom. The highest BCUT2D eigenvalue weighted by Gasteiger charge is 2.27. The normalized spacial score (nSPS) is 15.4. The molecule has 2 rings (SSSR count). The maximum Gasteiger partial charge on any atom is 0.410 e. The number of nitrogens with zero attached hydrogens (tertiary/aromatic N) is 2. The second-order valence-corrected chi connectivity index (χ2v) is 9.15. The fourth-order valence-electron chi connectivity index (χ4n) is 2.92. The first-order chi connectivity index (χ1) is 13.8. The van der Waals surface area contributed by atoms with Crippen molar-refractivity contribution in [1.82, 2.24) is 9.80 Å². The van der Waals surface area contributed by atoms with E-state index in [2.05, 4.69) is 16.7 Å². The van der Waals surface area contributed by atoms with Crippen LogP contribution in [0.5, 0.6) is 0 Å². The maximum absolute atomic E-state index is 14.8. The molecule has 1 heterocycles. The molecule has 0 atom stereocenters. The van der Waals surface area contributed by atoms with Crippen LogP contribution in [0, 0.1) is 30.0 Å². The second-order valence-electron chi connectivity index (χ2n) is 9.15. The molecule has 1 aliphatic heterocycles. The number of piperazine rings is 1. The highest BCUT2D eigenvalue weighted by Crippen LogP contribution is 2.21. The Morgan fingerprint density at radius 3 is 2.27 bits per heavy atom. The number of aliphatic carboxylic acids is 1. The lowest BCUT2D eigenvalue weighted by Gasteiger charge is -2.35. The Kier molecular flexibility index (Phi) is 7.14. The first kappa shape index (κ1) is 23.7. The summed E-state index contributed by atoms with van der Waals surface area (Å²) in [7, 11) is 0. The molecule has 30 heavy (non-hydrogen) atoms. The van der Waals surface area contributed by atoms with Crippen LogP contribution in [0.1, 0.15) is 51.3 Å². The van der Waals surface area contributed by atoms with Gasteiger partial charge in [0.2, 0.25) is 0 Å². The number of ether oxygens (including phenoxy) is 1. The quantitative estimate of drug-likeness (QED) is 0.759. The van der Waals surface area contributed by atoms with Gasteiger partial charge in [0.05, 0.1) is 5.56 Å². The Hall–Kier alpha value is -2.59. The number of rotatable bonds is 3. The lowest BCUT2D eigenvalue weighted by atomic mass is 9.93. The van der Waals surface area contributed by atoms with Crippen molar-refractivity contribution in [3.8, 4) is 11.8 Å². The molecule has 0 radical (unpaired) electrons. The molecule has 0 aliphatic carbocycles. The van der Waals surface area contributed by atoms with Gasteiger partial charge in [-0.05, 0) is 52.7 Å². The molecule has 0 spiro atoms. The van der Waals surface area contributed by atoms with Gasteiger partial charge in [-0.1, -0.05) is 24.0 Å². The molecule has 164 valence electrons. The minimum atomic E-state index is -1.27. The van der Waals surface area contributed by atoms with Crippen molar-refractivity contribution in [1.29, 1.82) is 0 Å². The van der Waals surface area contributed by atoms with E-state index in [-0.39, 0.29) is 11.7 Å². The van der Waals surface area contributed by atoms with E-state index in [0.29, 0.717) is 43.9 Å². The van der Waals surface area contributed by atoms with Gasteiger partial charge in [0.15, 0.2) is 0 Å². The molecule has 0 aromatic heterocycles. The summed E-state index contributed by atoms with van der Waals surface area (Å²) in [6.45, 7) is 12.9. The summed E-state index contributed by atoms with van der Waals surface area (Å²) < 4.78 is 20.2. The summed E-state index contributed by atoms with van der Waals surface area (Å²) in [5.41, 5.74) is -0.403. The van der Waals surface area contributed by atoms with Crippen molar-refractivity contribution >= 4 is 12.1 Å². The van der Waals surface area contributed by atoms with E-state index in [0.717, 1.165) is 0 Å². The van der Waals surface area contributed by atoms with Crippen LogP contribution in [0.15, 0.2) is 12.1 Å². The van der Waals surface area contributed by atoms with E-state index in [9.17, 15) is 19.1 Å². The van der Waals surface area contributed by atoms with Crippen LogP contribution < -0.4 is 0 Å². The third kappa shape index (κ3) is 6.20. The van der Waals surface area contributed by atoms with E-state index in [1.54, 1.807) is 17.9 Å². The molecule has 1 N–H and O–H groups in total. The molecule has 6 nitrogen and oxygen atoms in total. The molecule has 1 aliphatic rings. The number of aryl methyl sites for hydroxylation is 1. The predicted octanol–water partition coefficient (Wildman–Crippen LogP) is 3.65. The molecular weight excluding hydrogens is 387 g/mol. The summed E-state index contributed by atoms with van der Waals surface area (Å²) in [5.74, 6) is 3.98. The number of amides is 1. The van der Waals surface area contributed by atoms with Crippen molar-refractivity contribution in [2.45, 2.75) is 53.7 Å². The Morgan fingerprint density at radius 2 is 1.73 bits per heavy atom. The van der Waals surface area contributed by atoms with Crippen molar-refractivity contribution in [2.24, 2.45) is 5.41 Å². The van der Waals surface area contributed by atoms with E-state index in [4.69, 9.17) is 4.74 Å². The van der Waals surface area contributed by atoms with E-state index in [1.165, 1.54) is 13.8 Å². The lowest BCUT2D eigenvalue weighted by molar-refractivity contribution is -0.143. The van der Waals surface area contributed by atoms with Crippen LogP contribution in [0.4, 0.5) is 9.18 Å². The van der Waals surface area contributed by atoms with Gasteiger partial charge in [-0.3, -0.25) is 9.69 Å². The van der Waals surface area contributed by atoms with Gasteiger partial charge in [0.25, 0.3) is 0 Å². The number of carboxylic acid groups (broad SMARTS) is 1. The second kappa shape index (κ2) is 9.05. The number of hydrogen-bond acceptors (Lipinski definition) is 4. The molecule has 1 aromatic carbocycles.